The summed E-state index contributed by atoms with van der Waals surface area (Å²) in [5.41, 5.74) is 2.39. The van der Waals surface area contributed by atoms with E-state index in [1.807, 2.05) is 36.4 Å². The molecule has 0 amide bonds. The third kappa shape index (κ3) is 4.09. The quantitative estimate of drug-likeness (QED) is 0.843. The van der Waals surface area contributed by atoms with Gasteiger partial charge in [-0.1, -0.05) is 55.8 Å². The summed E-state index contributed by atoms with van der Waals surface area (Å²) in [7, 11) is 0. The van der Waals surface area contributed by atoms with Crippen molar-refractivity contribution in [3.05, 3.63) is 70.2 Å². The molecular formula is C18H20ClNO2. The minimum atomic E-state index is -0.903. The van der Waals surface area contributed by atoms with Crippen molar-refractivity contribution < 1.29 is 9.90 Å². The maximum atomic E-state index is 10.8. The predicted molar refractivity (Wildman–Crippen MR) is 89.6 cm³/mol. The van der Waals surface area contributed by atoms with Gasteiger partial charge in [0.1, 0.15) is 0 Å². The largest absolute Gasteiger partial charge is 0.478 e. The van der Waals surface area contributed by atoms with Crippen molar-refractivity contribution in [2.45, 2.75) is 25.8 Å². The fraction of sp³-hybridized carbons (Fsp3) is 0.278. The zero-order valence-electron chi connectivity index (χ0n) is 12.8. The normalized spacial score (nSPS) is 11.4. The Morgan fingerprint density at radius 1 is 1.14 bits per heavy atom. The van der Waals surface area contributed by atoms with Gasteiger partial charge >= 0.3 is 5.97 Å². The van der Waals surface area contributed by atoms with Gasteiger partial charge in [0.15, 0.2) is 0 Å². The van der Waals surface area contributed by atoms with Crippen LogP contribution in [0, 0.1) is 0 Å². The lowest BCUT2D eigenvalue weighted by Gasteiger charge is -2.27. The number of hydrogen-bond acceptors (Lipinski definition) is 2. The Bertz CT molecular complexity index is 650. The zero-order chi connectivity index (χ0) is 16.2. The molecule has 0 saturated carbocycles. The van der Waals surface area contributed by atoms with Gasteiger partial charge in [0, 0.05) is 23.5 Å². The molecule has 0 heterocycles. The first kappa shape index (κ1) is 16.5. The molecule has 0 radical (unpaired) electrons. The van der Waals surface area contributed by atoms with Crippen molar-refractivity contribution in [1.82, 2.24) is 5.32 Å². The third-order valence-electron chi connectivity index (χ3n) is 3.70. The van der Waals surface area contributed by atoms with Crippen LogP contribution in [-0.4, -0.2) is 17.6 Å². The molecule has 0 fully saturated rings. The predicted octanol–water partition coefficient (Wildman–Crippen LogP) is 4.11. The van der Waals surface area contributed by atoms with Crippen LogP contribution in [0.1, 0.15) is 35.3 Å². The van der Waals surface area contributed by atoms with Gasteiger partial charge in [-0.25, -0.2) is 4.79 Å². The van der Waals surface area contributed by atoms with Crippen LogP contribution in [0.5, 0.6) is 0 Å². The third-order valence-corrected chi connectivity index (χ3v) is 4.03. The van der Waals surface area contributed by atoms with E-state index in [0.717, 1.165) is 22.7 Å². The number of carboxylic acids is 1. The number of aromatic carboxylic acids is 1. The van der Waals surface area contributed by atoms with Gasteiger partial charge in [-0.05, 0) is 29.3 Å². The molecule has 2 aromatic carbocycles. The van der Waals surface area contributed by atoms with E-state index in [0.29, 0.717) is 12.1 Å². The summed E-state index contributed by atoms with van der Waals surface area (Å²) in [5, 5.41) is 13.1. The number of hydrogen-bond donors (Lipinski definition) is 2. The summed E-state index contributed by atoms with van der Waals surface area (Å²) in [4.78, 5) is 10.8. The Morgan fingerprint density at radius 3 is 2.36 bits per heavy atom. The van der Waals surface area contributed by atoms with Crippen molar-refractivity contribution in [3.8, 4) is 0 Å². The van der Waals surface area contributed by atoms with Gasteiger partial charge in [0.25, 0.3) is 0 Å². The summed E-state index contributed by atoms with van der Waals surface area (Å²) >= 11 is 6.27. The minimum absolute atomic E-state index is 0.0840. The van der Waals surface area contributed by atoms with Crippen LogP contribution >= 0.6 is 11.6 Å². The molecule has 3 nitrogen and oxygen atoms in total. The Balaban J connectivity index is 1.95. The number of benzene rings is 2. The second-order valence-corrected chi connectivity index (χ2v) is 6.38. The van der Waals surface area contributed by atoms with Crippen LogP contribution in [0.25, 0.3) is 0 Å². The van der Waals surface area contributed by atoms with Crippen molar-refractivity contribution in [2.24, 2.45) is 0 Å². The van der Waals surface area contributed by atoms with E-state index in [4.69, 9.17) is 16.7 Å². The molecular weight excluding hydrogens is 298 g/mol. The summed E-state index contributed by atoms with van der Waals surface area (Å²) in [6.45, 7) is 5.76. The SMILES string of the molecule is CC(C)(CNCc1ccc(C(=O)O)cc1)c1ccccc1Cl. The molecule has 0 atom stereocenters. The molecule has 0 aliphatic carbocycles. The van der Waals surface area contributed by atoms with Crippen LogP contribution in [0.15, 0.2) is 48.5 Å². The Kier molecular flexibility index (Phi) is 5.22. The lowest BCUT2D eigenvalue weighted by atomic mass is 9.84. The number of carboxylic acid groups (broad SMARTS) is 1. The van der Waals surface area contributed by atoms with E-state index in [-0.39, 0.29) is 5.41 Å². The second kappa shape index (κ2) is 6.95. The van der Waals surface area contributed by atoms with Crippen molar-refractivity contribution in [1.29, 1.82) is 0 Å². The van der Waals surface area contributed by atoms with Crippen LogP contribution in [-0.2, 0) is 12.0 Å². The first-order chi connectivity index (χ1) is 10.4. The summed E-state index contributed by atoms with van der Waals surface area (Å²) in [5.74, 6) is -0.903. The molecule has 0 unspecified atom stereocenters. The second-order valence-electron chi connectivity index (χ2n) is 5.97. The topological polar surface area (TPSA) is 49.3 Å². The fourth-order valence-corrected chi connectivity index (χ4v) is 2.78. The van der Waals surface area contributed by atoms with Crippen LogP contribution < -0.4 is 5.32 Å². The summed E-state index contributed by atoms with van der Waals surface area (Å²) < 4.78 is 0. The van der Waals surface area contributed by atoms with Crippen molar-refractivity contribution in [2.75, 3.05) is 6.54 Å². The highest BCUT2D eigenvalue weighted by molar-refractivity contribution is 6.31. The highest BCUT2D eigenvalue weighted by atomic mass is 35.5. The van der Waals surface area contributed by atoms with E-state index in [2.05, 4.69) is 19.2 Å². The Morgan fingerprint density at radius 2 is 1.77 bits per heavy atom. The lowest BCUT2D eigenvalue weighted by Crippen LogP contribution is -2.32. The molecule has 2 aromatic rings. The highest BCUT2D eigenvalue weighted by Gasteiger charge is 2.22. The van der Waals surface area contributed by atoms with Gasteiger partial charge in [-0.2, -0.15) is 0 Å². The molecule has 0 aromatic heterocycles. The van der Waals surface area contributed by atoms with Crippen molar-refractivity contribution in [3.63, 3.8) is 0 Å². The van der Waals surface area contributed by atoms with Gasteiger partial charge in [0.2, 0.25) is 0 Å². The van der Waals surface area contributed by atoms with E-state index in [1.54, 1.807) is 12.1 Å². The molecule has 116 valence electrons. The first-order valence-electron chi connectivity index (χ1n) is 7.18. The summed E-state index contributed by atoms with van der Waals surface area (Å²) in [6.07, 6.45) is 0. The number of nitrogens with one attached hydrogen (secondary N) is 1. The monoisotopic (exact) mass is 317 g/mol. The van der Waals surface area contributed by atoms with Crippen LogP contribution in [0.2, 0.25) is 5.02 Å². The smallest absolute Gasteiger partial charge is 0.335 e. The minimum Gasteiger partial charge on any atom is -0.478 e. The number of rotatable bonds is 6. The maximum absolute atomic E-state index is 10.8. The average molecular weight is 318 g/mol. The molecule has 0 aliphatic rings. The average Bonchev–Trinajstić information content (AvgIpc) is 2.48. The van der Waals surface area contributed by atoms with Gasteiger partial charge in [-0.3, -0.25) is 0 Å². The molecule has 4 heteroatoms. The Labute approximate surface area is 135 Å². The molecule has 0 saturated heterocycles. The molecule has 2 rings (SSSR count). The maximum Gasteiger partial charge on any atom is 0.335 e. The van der Waals surface area contributed by atoms with Gasteiger partial charge in [0.05, 0.1) is 5.56 Å². The van der Waals surface area contributed by atoms with Gasteiger partial charge < -0.3 is 10.4 Å². The van der Waals surface area contributed by atoms with Crippen LogP contribution in [0.4, 0.5) is 0 Å². The number of halogens is 1. The molecule has 0 aliphatic heterocycles. The molecule has 0 spiro atoms. The zero-order valence-corrected chi connectivity index (χ0v) is 13.5. The Hall–Kier alpha value is -1.84. The van der Waals surface area contributed by atoms with E-state index in [9.17, 15) is 4.79 Å². The van der Waals surface area contributed by atoms with Gasteiger partial charge in [-0.15, -0.1) is 0 Å². The molecule has 2 N–H and O–H groups in total. The number of carbonyl (C=O) groups is 1. The first-order valence-corrected chi connectivity index (χ1v) is 7.56. The lowest BCUT2D eigenvalue weighted by molar-refractivity contribution is 0.0697. The fourth-order valence-electron chi connectivity index (χ4n) is 2.39. The van der Waals surface area contributed by atoms with Crippen LogP contribution in [0.3, 0.4) is 0 Å². The van der Waals surface area contributed by atoms with E-state index in [1.165, 1.54) is 0 Å². The van der Waals surface area contributed by atoms with E-state index >= 15 is 0 Å². The summed E-state index contributed by atoms with van der Waals surface area (Å²) in [6, 6.07) is 14.8. The molecule has 22 heavy (non-hydrogen) atoms. The molecule has 0 bridgehead atoms. The van der Waals surface area contributed by atoms with E-state index < -0.39 is 5.97 Å². The standard InChI is InChI=1S/C18H20ClNO2/c1-18(2,15-5-3-4-6-16(15)19)12-20-11-13-7-9-14(10-8-13)17(21)22/h3-10,20H,11-12H2,1-2H3,(H,21,22). The highest BCUT2D eigenvalue weighted by Crippen LogP contribution is 2.29. The van der Waals surface area contributed by atoms with Crippen molar-refractivity contribution >= 4 is 17.6 Å².